The van der Waals surface area contributed by atoms with Gasteiger partial charge in [0, 0.05) is 12.5 Å². The van der Waals surface area contributed by atoms with E-state index in [1.165, 1.54) is 147 Å². The van der Waals surface area contributed by atoms with Crippen LogP contribution in [-0.4, -0.2) is 74.9 Å². The van der Waals surface area contributed by atoms with Crippen molar-refractivity contribution in [2.45, 2.75) is 200 Å². The molecule has 0 aliphatic carbocycles. The number of carbonyl (C=O) groups excluding carboxylic acids is 2. The monoisotopic (exact) mass is 787 g/mol. The lowest BCUT2D eigenvalue weighted by atomic mass is 10.0. The topological polar surface area (TPSA) is 108 Å². The van der Waals surface area contributed by atoms with Crippen LogP contribution in [0.2, 0.25) is 0 Å². The number of phosphoric acid groups is 1. The molecule has 10 heteroatoms. The molecule has 0 rings (SSSR count). The summed E-state index contributed by atoms with van der Waals surface area (Å²) in [6.07, 6.45) is 40.0. The van der Waals surface area contributed by atoms with Crippen molar-refractivity contribution < 1.29 is 42.1 Å². The van der Waals surface area contributed by atoms with Gasteiger partial charge in [-0.3, -0.25) is 13.8 Å². The van der Waals surface area contributed by atoms with Gasteiger partial charge in [-0.05, 0) is 19.3 Å². The molecule has 0 aromatic carbocycles. The third-order valence-electron chi connectivity index (χ3n) is 9.59. The predicted molar refractivity (Wildman–Crippen MR) is 224 cm³/mol. The molecule has 0 spiro atoms. The van der Waals surface area contributed by atoms with E-state index >= 15 is 0 Å². The SMILES string of the molecule is CCCCCCCCCCCCC/C=C/C=C/C(=O)OCC(COP(=O)(O)OCC[N+](C)(C)C)OC(=O)CCCCCCCCCCCCCCCCC. The molecule has 0 aliphatic rings. The van der Waals surface area contributed by atoms with Crippen LogP contribution >= 0.6 is 7.82 Å². The Morgan fingerprint density at radius 3 is 1.52 bits per heavy atom. The number of unbranched alkanes of at least 4 members (excludes halogenated alkanes) is 25. The summed E-state index contributed by atoms with van der Waals surface area (Å²) in [7, 11) is 1.44. The highest BCUT2D eigenvalue weighted by Gasteiger charge is 2.26. The number of phosphoric ester groups is 1. The number of nitrogens with zero attached hydrogens (tertiary/aromatic N) is 1. The normalized spacial score (nSPS) is 13.8. The van der Waals surface area contributed by atoms with E-state index in [4.69, 9.17) is 18.5 Å². The van der Waals surface area contributed by atoms with E-state index in [1.54, 1.807) is 6.08 Å². The van der Waals surface area contributed by atoms with Gasteiger partial charge >= 0.3 is 19.8 Å². The van der Waals surface area contributed by atoms with Gasteiger partial charge in [0.25, 0.3) is 0 Å². The molecule has 318 valence electrons. The van der Waals surface area contributed by atoms with Crippen molar-refractivity contribution in [1.29, 1.82) is 0 Å². The maximum Gasteiger partial charge on any atom is 0.472 e. The van der Waals surface area contributed by atoms with Gasteiger partial charge in [-0.25, -0.2) is 9.36 Å². The number of likely N-dealkylation sites (N-methyl/N-ethyl adjacent to an activating group) is 1. The van der Waals surface area contributed by atoms with Crippen LogP contribution in [-0.2, 0) is 32.7 Å². The first-order valence-electron chi connectivity index (χ1n) is 22.1. The van der Waals surface area contributed by atoms with Gasteiger partial charge in [-0.15, -0.1) is 0 Å². The number of allylic oxidation sites excluding steroid dienone is 3. The van der Waals surface area contributed by atoms with Gasteiger partial charge in [-0.1, -0.05) is 186 Å². The Labute approximate surface area is 332 Å². The minimum Gasteiger partial charge on any atom is -0.458 e. The maximum atomic E-state index is 12.7. The standard InChI is InChI=1S/C44H84NO8P/c1-6-8-10-12-14-16-18-20-22-24-26-28-30-32-34-36-43(46)50-40-42(41-52-54(48,49)51-39-38-45(3,4)5)53-44(47)37-35-33-31-29-27-25-23-21-19-17-15-13-11-9-7-2/h30,32,34,36,42H,6-29,31,33,35,37-41H2,1-5H3/p+1/b32-30+,36-34+. The molecule has 0 saturated heterocycles. The van der Waals surface area contributed by atoms with Gasteiger partial charge in [-0.2, -0.15) is 0 Å². The van der Waals surface area contributed by atoms with Crippen molar-refractivity contribution in [1.82, 2.24) is 0 Å². The van der Waals surface area contributed by atoms with Gasteiger partial charge in [0.15, 0.2) is 6.10 Å². The molecule has 0 heterocycles. The number of quaternary nitrogens is 1. The van der Waals surface area contributed by atoms with Crippen molar-refractivity contribution in [3.05, 3.63) is 24.3 Å². The fourth-order valence-electron chi connectivity index (χ4n) is 6.10. The highest BCUT2D eigenvalue weighted by atomic mass is 31.2. The predicted octanol–water partition coefficient (Wildman–Crippen LogP) is 12.4. The van der Waals surface area contributed by atoms with E-state index < -0.39 is 32.5 Å². The quantitative estimate of drug-likeness (QED) is 0.0163. The number of carbonyl (C=O) groups is 2. The molecule has 2 unspecified atom stereocenters. The van der Waals surface area contributed by atoms with Gasteiger partial charge in [0.05, 0.1) is 27.7 Å². The molecule has 0 aliphatic heterocycles. The molecule has 9 nitrogen and oxygen atoms in total. The zero-order valence-electron chi connectivity index (χ0n) is 35.7. The molecule has 54 heavy (non-hydrogen) atoms. The highest BCUT2D eigenvalue weighted by molar-refractivity contribution is 7.47. The zero-order chi connectivity index (χ0) is 40.0. The average Bonchev–Trinajstić information content (AvgIpc) is 3.12. The van der Waals surface area contributed by atoms with Crippen molar-refractivity contribution in [3.8, 4) is 0 Å². The fraction of sp³-hybridized carbons (Fsp3) is 0.864. The van der Waals surface area contributed by atoms with Crippen LogP contribution in [0.5, 0.6) is 0 Å². The lowest BCUT2D eigenvalue weighted by Gasteiger charge is -2.24. The largest absolute Gasteiger partial charge is 0.472 e. The summed E-state index contributed by atoms with van der Waals surface area (Å²) in [5.74, 6) is -1.04. The van der Waals surface area contributed by atoms with Crippen molar-refractivity contribution >= 4 is 19.8 Å². The summed E-state index contributed by atoms with van der Waals surface area (Å²) in [4.78, 5) is 35.2. The van der Waals surface area contributed by atoms with Gasteiger partial charge in [0.1, 0.15) is 19.8 Å². The lowest BCUT2D eigenvalue weighted by molar-refractivity contribution is -0.870. The Morgan fingerprint density at radius 2 is 1.06 bits per heavy atom. The molecule has 2 atom stereocenters. The summed E-state index contributed by atoms with van der Waals surface area (Å²) >= 11 is 0. The van der Waals surface area contributed by atoms with Crippen LogP contribution in [0.4, 0.5) is 0 Å². The molecular weight excluding hydrogens is 701 g/mol. The molecule has 0 aromatic rings. The third-order valence-corrected chi connectivity index (χ3v) is 10.6. The second kappa shape index (κ2) is 37.1. The number of hydrogen-bond donors (Lipinski definition) is 1. The lowest BCUT2D eigenvalue weighted by Crippen LogP contribution is -2.37. The Bertz CT molecular complexity index is 980. The molecular formula is C44H85NO8P+. The van der Waals surface area contributed by atoms with E-state index in [2.05, 4.69) is 13.8 Å². The smallest absolute Gasteiger partial charge is 0.458 e. The molecule has 1 N–H and O–H groups in total. The Kier molecular flexibility index (Phi) is 36.1. The minimum absolute atomic E-state index is 0.0213. The summed E-state index contributed by atoms with van der Waals surface area (Å²) in [5, 5.41) is 0. The summed E-state index contributed by atoms with van der Waals surface area (Å²) in [6.45, 7) is 4.31. The number of esters is 2. The second-order valence-electron chi connectivity index (χ2n) is 16.2. The molecule has 0 amide bonds. The van der Waals surface area contributed by atoms with E-state index in [9.17, 15) is 19.0 Å². The first-order chi connectivity index (χ1) is 26.0. The van der Waals surface area contributed by atoms with E-state index in [-0.39, 0.29) is 19.6 Å². The van der Waals surface area contributed by atoms with Gasteiger partial charge in [0.2, 0.25) is 0 Å². The third kappa shape index (κ3) is 40.2. The van der Waals surface area contributed by atoms with Crippen LogP contribution in [0.25, 0.3) is 0 Å². The Balaban J connectivity index is 4.44. The summed E-state index contributed by atoms with van der Waals surface area (Å²) in [5.41, 5.74) is 0. The Hall–Kier alpha value is -1.51. The van der Waals surface area contributed by atoms with Crippen molar-refractivity contribution in [2.75, 3.05) is 47.5 Å². The molecule has 0 radical (unpaired) electrons. The first-order valence-corrected chi connectivity index (χ1v) is 23.6. The fourth-order valence-corrected chi connectivity index (χ4v) is 6.85. The van der Waals surface area contributed by atoms with E-state index in [1.807, 2.05) is 33.3 Å². The highest BCUT2D eigenvalue weighted by Crippen LogP contribution is 2.43. The minimum atomic E-state index is -4.39. The second-order valence-corrected chi connectivity index (χ2v) is 17.6. The summed E-state index contributed by atoms with van der Waals surface area (Å²) in [6, 6.07) is 0. The molecule has 0 bridgehead atoms. The van der Waals surface area contributed by atoms with Crippen LogP contribution in [0.15, 0.2) is 24.3 Å². The van der Waals surface area contributed by atoms with Crippen LogP contribution < -0.4 is 0 Å². The Morgan fingerprint density at radius 1 is 0.611 bits per heavy atom. The first kappa shape index (κ1) is 52.5. The number of ether oxygens (including phenoxy) is 2. The van der Waals surface area contributed by atoms with Crippen LogP contribution in [0.1, 0.15) is 194 Å². The average molecular weight is 787 g/mol. The van der Waals surface area contributed by atoms with Crippen molar-refractivity contribution in [3.63, 3.8) is 0 Å². The van der Waals surface area contributed by atoms with Gasteiger partial charge < -0.3 is 18.9 Å². The molecule has 0 saturated carbocycles. The molecule has 0 aromatic heterocycles. The van der Waals surface area contributed by atoms with Crippen molar-refractivity contribution in [2.24, 2.45) is 0 Å². The van der Waals surface area contributed by atoms with E-state index in [0.717, 1.165) is 25.7 Å². The number of hydrogen-bond acceptors (Lipinski definition) is 7. The van der Waals surface area contributed by atoms with Crippen LogP contribution in [0.3, 0.4) is 0 Å². The maximum absolute atomic E-state index is 12.7. The van der Waals surface area contributed by atoms with E-state index in [0.29, 0.717) is 17.4 Å². The summed E-state index contributed by atoms with van der Waals surface area (Å²) < 4.78 is 34.1. The zero-order valence-corrected chi connectivity index (χ0v) is 36.6. The number of rotatable bonds is 40. The molecule has 0 fully saturated rings. The van der Waals surface area contributed by atoms with Crippen LogP contribution in [0, 0.1) is 0 Å².